The maximum Gasteiger partial charge on any atom is 0.310 e. The molecule has 1 aliphatic rings. The number of carbonyl (C=O) groups is 3. The molecule has 6 heteroatoms. The quantitative estimate of drug-likeness (QED) is 0.507. The Hall–Kier alpha value is -3.15. The van der Waals surface area contributed by atoms with Crippen molar-refractivity contribution in [1.29, 1.82) is 0 Å². The van der Waals surface area contributed by atoms with Gasteiger partial charge in [0.05, 0.1) is 11.3 Å². The molecular weight excluding hydrogens is 406 g/mol. The highest BCUT2D eigenvalue weighted by molar-refractivity contribution is 5.85. The average Bonchev–Trinajstić information content (AvgIpc) is 3.24. The number of amides is 1. The van der Waals surface area contributed by atoms with Gasteiger partial charge in [0, 0.05) is 12.5 Å². The lowest BCUT2D eigenvalue weighted by Gasteiger charge is -2.26. The summed E-state index contributed by atoms with van der Waals surface area (Å²) in [6.45, 7) is 1.62. The molecule has 0 aliphatic heterocycles. The van der Waals surface area contributed by atoms with Crippen LogP contribution in [0.15, 0.2) is 54.6 Å². The number of rotatable bonds is 10. The molecule has 3 N–H and O–H groups in total. The molecular formula is C26H31NO5. The Morgan fingerprint density at radius 2 is 1.53 bits per heavy atom. The number of aliphatic carboxylic acids is 2. The van der Waals surface area contributed by atoms with Crippen LogP contribution in [0.5, 0.6) is 0 Å². The first kappa shape index (κ1) is 23.5. The smallest absolute Gasteiger partial charge is 0.310 e. The molecule has 6 nitrogen and oxygen atoms in total. The molecule has 1 amide bonds. The fourth-order valence-corrected chi connectivity index (χ4v) is 4.57. The van der Waals surface area contributed by atoms with Gasteiger partial charge in [0.25, 0.3) is 0 Å². The van der Waals surface area contributed by atoms with Crippen molar-refractivity contribution in [2.45, 2.75) is 57.9 Å². The number of carbonyl (C=O) groups excluding carboxylic acids is 1. The van der Waals surface area contributed by atoms with Crippen molar-refractivity contribution in [3.05, 3.63) is 60.2 Å². The maximum absolute atomic E-state index is 12.8. The SMILES string of the molecule is C[C@H](CC(Cc1ccc(-c2ccccc2)cc1)NC(=O)CC1(C(=O)O)CCCC1)C(=O)O. The van der Waals surface area contributed by atoms with E-state index in [2.05, 4.69) is 5.32 Å². The molecule has 170 valence electrons. The normalized spacial score (nSPS) is 16.8. The van der Waals surface area contributed by atoms with E-state index in [0.717, 1.165) is 29.5 Å². The third kappa shape index (κ3) is 5.96. The zero-order valence-corrected chi connectivity index (χ0v) is 18.4. The first-order chi connectivity index (χ1) is 15.3. The second kappa shape index (κ2) is 10.4. The molecule has 0 radical (unpaired) electrons. The molecule has 3 rings (SSSR count). The van der Waals surface area contributed by atoms with Crippen LogP contribution in [0.4, 0.5) is 0 Å². The molecule has 2 atom stereocenters. The van der Waals surface area contributed by atoms with E-state index < -0.39 is 23.3 Å². The summed E-state index contributed by atoms with van der Waals surface area (Å²) < 4.78 is 0. The number of carboxylic acid groups (broad SMARTS) is 2. The van der Waals surface area contributed by atoms with Gasteiger partial charge in [0.2, 0.25) is 5.91 Å². The predicted octanol–water partition coefficient (Wildman–Crippen LogP) is 4.53. The van der Waals surface area contributed by atoms with Crippen LogP contribution in [0, 0.1) is 11.3 Å². The summed E-state index contributed by atoms with van der Waals surface area (Å²) in [5.41, 5.74) is 2.18. The number of hydrogen-bond acceptors (Lipinski definition) is 3. The number of benzene rings is 2. The van der Waals surface area contributed by atoms with Gasteiger partial charge in [0.15, 0.2) is 0 Å². The molecule has 1 aliphatic carbocycles. The van der Waals surface area contributed by atoms with Gasteiger partial charge in [-0.2, -0.15) is 0 Å². The van der Waals surface area contributed by atoms with E-state index in [0.29, 0.717) is 19.3 Å². The average molecular weight is 438 g/mol. The van der Waals surface area contributed by atoms with E-state index >= 15 is 0 Å². The zero-order chi connectivity index (χ0) is 23.1. The second-order valence-electron chi connectivity index (χ2n) is 8.98. The third-order valence-corrected chi connectivity index (χ3v) is 6.48. The van der Waals surface area contributed by atoms with Crippen LogP contribution in [-0.2, 0) is 20.8 Å². The van der Waals surface area contributed by atoms with Crippen LogP contribution in [0.25, 0.3) is 11.1 Å². The molecule has 0 heterocycles. The summed E-state index contributed by atoms with van der Waals surface area (Å²) in [5.74, 6) is -2.78. The number of carboxylic acids is 2. The Bertz CT molecular complexity index is 932. The zero-order valence-electron chi connectivity index (χ0n) is 18.4. The minimum Gasteiger partial charge on any atom is -0.481 e. The molecule has 2 aromatic carbocycles. The maximum atomic E-state index is 12.8. The van der Waals surface area contributed by atoms with E-state index in [1.54, 1.807) is 6.92 Å². The molecule has 1 saturated carbocycles. The summed E-state index contributed by atoms with van der Waals surface area (Å²) in [6.07, 6.45) is 3.34. The van der Waals surface area contributed by atoms with E-state index in [1.165, 1.54) is 0 Å². The van der Waals surface area contributed by atoms with Gasteiger partial charge in [-0.25, -0.2) is 0 Å². The van der Waals surface area contributed by atoms with Crippen molar-refractivity contribution >= 4 is 17.8 Å². The lowest BCUT2D eigenvalue weighted by molar-refractivity contribution is -0.151. The van der Waals surface area contributed by atoms with Crippen molar-refractivity contribution in [2.75, 3.05) is 0 Å². The van der Waals surface area contributed by atoms with Gasteiger partial charge in [-0.3, -0.25) is 14.4 Å². The highest BCUT2D eigenvalue weighted by Gasteiger charge is 2.43. The molecule has 0 spiro atoms. The van der Waals surface area contributed by atoms with Gasteiger partial charge in [0.1, 0.15) is 0 Å². The topological polar surface area (TPSA) is 104 Å². The van der Waals surface area contributed by atoms with Crippen molar-refractivity contribution in [2.24, 2.45) is 11.3 Å². The minimum absolute atomic E-state index is 0.0623. The van der Waals surface area contributed by atoms with Crippen LogP contribution in [-0.4, -0.2) is 34.1 Å². The Kier molecular flexibility index (Phi) is 7.67. The standard InChI is InChI=1S/C26H31NO5/c1-18(24(29)30)15-22(27-23(28)17-26(25(31)32)13-5-6-14-26)16-19-9-11-21(12-10-19)20-7-3-2-4-8-20/h2-4,7-12,18,22H,5-6,13-17H2,1H3,(H,27,28)(H,29,30)(H,31,32)/t18-,22?/m1/s1. The van der Waals surface area contributed by atoms with Gasteiger partial charge >= 0.3 is 11.9 Å². The van der Waals surface area contributed by atoms with Gasteiger partial charge < -0.3 is 15.5 Å². The van der Waals surface area contributed by atoms with E-state index in [-0.39, 0.29) is 24.8 Å². The minimum atomic E-state index is -0.996. The summed E-state index contributed by atoms with van der Waals surface area (Å²) in [7, 11) is 0. The number of nitrogens with one attached hydrogen (secondary N) is 1. The van der Waals surface area contributed by atoms with E-state index in [1.807, 2.05) is 54.6 Å². The van der Waals surface area contributed by atoms with Crippen molar-refractivity contribution in [3.8, 4) is 11.1 Å². The lowest BCUT2D eigenvalue weighted by atomic mass is 9.82. The number of hydrogen-bond donors (Lipinski definition) is 3. The lowest BCUT2D eigenvalue weighted by Crippen LogP contribution is -2.42. The molecule has 32 heavy (non-hydrogen) atoms. The van der Waals surface area contributed by atoms with Crippen LogP contribution in [0.3, 0.4) is 0 Å². The van der Waals surface area contributed by atoms with Crippen LogP contribution in [0.1, 0.15) is 51.0 Å². The summed E-state index contributed by atoms with van der Waals surface area (Å²) in [5, 5.41) is 21.9. The third-order valence-electron chi connectivity index (χ3n) is 6.48. The highest BCUT2D eigenvalue weighted by Crippen LogP contribution is 2.41. The summed E-state index contributed by atoms with van der Waals surface area (Å²) in [4.78, 5) is 36.0. The van der Waals surface area contributed by atoms with Crippen LogP contribution in [0.2, 0.25) is 0 Å². The molecule has 0 aromatic heterocycles. The largest absolute Gasteiger partial charge is 0.481 e. The van der Waals surface area contributed by atoms with Crippen LogP contribution >= 0.6 is 0 Å². The molecule has 2 aromatic rings. The van der Waals surface area contributed by atoms with Crippen molar-refractivity contribution in [3.63, 3.8) is 0 Å². The second-order valence-corrected chi connectivity index (χ2v) is 8.98. The Morgan fingerprint density at radius 1 is 0.938 bits per heavy atom. The Labute approximate surface area is 188 Å². The summed E-state index contributed by atoms with van der Waals surface area (Å²) >= 11 is 0. The first-order valence-corrected chi connectivity index (χ1v) is 11.2. The Morgan fingerprint density at radius 3 is 2.09 bits per heavy atom. The molecule has 1 fully saturated rings. The van der Waals surface area contributed by atoms with Gasteiger partial charge in [-0.1, -0.05) is 74.4 Å². The molecule has 0 saturated heterocycles. The van der Waals surface area contributed by atoms with Crippen molar-refractivity contribution in [1.82, 2.24) is 5.32 Å². The van der Waals surface area contributed by atoms with Crippen LogP contribution < -0.4 is 5.32 Å². The van der Waals surface area contributed by atoms with E-state index in [4.69, 9.17) is 0 Å². The monoisotopic (exact) mass is 437 g/mol. The summed E-state index contributed by atoms with van der Waals surface area (Å²) in [6, 6.07) is 17.6. The highest BCUT2D eigenvalue weighted by atomic mass is 16.4. The van der Waals surface area contributed by atoms with Crippen molar-refractivity contribution < 1.29 is 24.6 Å². The first-order valence-electron chi connectivity index (χ1n) is 11.2. The van der Waals surface area contributed by atoms with Gasteiger partial charge in [-0.15, -0.1) is 0 Å². The van der Waals surface area contributed by atoms with E-state index in [9.17, 15) is 24.6 Å². The predicted molar refractivity (Wildman–Crippen MR) is 122 cm³/mol. The Balaban J connectivity index is 1.70. The fraction of sp³-hybridized carbons (Fsp3) is 0.423. The van der Waals surface area contributed by atoms with Gasteiger partial charge in [-0.05, 0) is 42.4 Å². The molecule has 0 bridgehead atoms. The fourth-order valence-electron chi connectivity index (χ4n) is 4.57. The molecule has 1 unspecified atom stereocenters.